The van der Waals surface area contributed by atoms with Gasteiger partial charge < -0.3 is 24.4 Å². The van der Waals surface area contributed by atoms with E-state index in [2.05, 4.69) is 17.3 Å². The second-order valence-electron chi connectivity index (χ2n) is 3.90. The molecule has 0 saturated carbocycles. The van der Waals surface area contributed by atoms with Crippen molar-refractivity contribution in [3.05, 3.63) is 0 Å². The summed E-state index contributed by atoms with van der Waals surface area (Å²) in [6.07, 6.45) is 0. The van der Waals surface area contributed by atoms with Gasteiger partial charge >= 0.3 is 5.97 Å². The number of hydrogen-bond donors (Lipinski definition) is 1. The molecule has 0 unspecified atom stereocenters. The lowest BCUT2D eigenvalue weighted by Gasteiger charge is -2.16. The van der Waals surface area contributed by atoms with Crippen LogP contribution in [-0.2, 0) is 19.0 Å². The summed E-state index contributed by atoms with van der Waals surface area (Å²) < 4.78 is 14.9. The van der Waals surface area contributed by atoms with E-state index in [0.717, 1.165) is 32.8 Å². The molecule has 0 aliphatic rings. The van der Waals surface area contributed by atoms with E-state index < -0.39 is 0 Å². The summed E-state index contributed by atoms with van der Waals surface area (Å²) >= 11 is 0. The Kier molecular flexibility index (Phi) is 12.3. The van der Waals surface area contributed by atoms with Crippen LogP contribution in [0.5, 0.6) is 0 Å². The van der Waals surface area contributed by atoms with E-state index in [-0.39, 0.29) is 12.6 Å². The van der Waals surface area contributed by atoms with E-state index in [0.29, 0.717) is 13.2 Å². The predicted molar refractivity (Wildman–Crippen MR) is 69.7 cm³/mol. The molecule has 0 aromatic rings. The summed E-state index contributed by atoms with van der Waals surface area (Å²) in [5, 5.41) is 3.24. The Balaban J connectivity index is 3.18. The SMILES string of the molecule is CCOC(=O)COCCNCCN(C)CCOC. The number of carbonyl (C=O) groups excluding carboxylic acids is 1. The average molecular weight is 262 g/mol. The van der Waals surface area contributed by atoms with E-state index in [9.17, 15) is 4.79 Å². The van der Waals surface area contributed by atoms with Gasteiger partial charge in [-0.3, -0.25) is 0 Å². The Hall–Kier alpha value is -0.690. The first-order chi connectivity index (χ1) is 8.70. The molecule has 0 radical (unpaired) electrons. The normalized spacial score (nSPS) is 10.9. The lowest BCUT2D eigenvalue weighted by atomic mass is 10.5. The van der Waals surface area contributed by atoms with Crippen molar-refractivity contribution in [1.29, 1.82) is 0 Å². The van der Waals surface area contributed by atoms with Gasteiger partial charge in [0.1, 0.15) is 6.61 Å². The highest BCUT2D eigenvalue weighted by Crippen LogP contribution is 1.82. The van der Waals surface area contributed by atoms with Crippen LogP contribution in [0.4, 0.5) is 0 Å². The fourth-order valence-corrected chi connectivity index (χ4v) is 1.26. The van der Waals surface area contributed by atoms with Crippen molar-refractivity contribution in [2.45, 2.75) is 6.92 Å². The van der Waals surface area contributed by atoms with Crippen LogP contribution in [0.2, 0.25) is 0 Å². The van der Waals surface area contributed by atoms with Gasteiger partial charge in [0.15, 0.2) is 0 Å². The molecule has 1 N–H and O–H groups in total. The summed E-state index contributed by atoms with van der Waals surface area (Å²) in [6, 6.07) is 0. The number of rotatable bonds is 12. The largest absolute Gasteiger partial charge is 0.464 e. The smallest absolute Gasteiger partial charge is 0.332 e. The number of carbonyl (C=O) groups is 1. The number of methoxy groups -OCH3 is 1. The number of nitrogens with one attached hydrogen (secondary N) is 1. The third kappa shape index (κ3) is 11.8. The van der Waals surface area contributed by atoms with Gasteiger partial charge in [0.2, 0.25) is 0 Å². The molecule has 0 aliphatic carbocycles. The molecule has 18 heavy (non-hydrogen) atoms. The molecule has 0 atom stereocenters. The minimum atomic E-state index is -0.309. The maximum atomic E-state index is 10.9. The van der Waals surface area contributed by atoms with E-state index in [1.54, 1.807) is 14.0 Å². The van der Waals surface area contributed by atoms with E-state index in [1.165, 1.54) is 0 Å². The molecule has 108 valence electrons. The van der Waals surface area contributed by atoms with Gasteiger partial charge in [-0.25, -0.2) is 4.79 Å². The summed E-state index contributed by atoms with van der Waals surface area (Å²) in [4.78, 5) is 13.1. The highest BCUT2D eigenvalue weighted by atomic mass is 16.6. The van der Waals surface area contributed by atoms with Crippen molar-refractivity contribution in [2.75, 3.05) is 66.8 Å². The van der Waals surface area contributed by atoms with Crippen LogP contribution in [0.15, 0.2) is 0 Å². The topological polar surface area (TPSA) is 60.0 Å². The van der Waals surface area contributed by atoms with E-state index in [1.807, 2.05) is 0 Å². The molecule has 0 amide bonds. The zero-order valence-electron chi connectivity index (χ0n) is 11.7. The zero-order valence-corrected chi connectivity index (χ0v) is 11.7. The monoisotopic (exact) mass is 262 g/mol. The zero-order chi connectivity index (χ0) is 13.6. The quantitative estimate of drug-likeness (QED) is 0.386. The van der Waals surface area contributed by atoms with Crippen molar-refractivity contribution in [1.82, 2.24) is 10.2 Å². The molecule has 0 saturated heterocycles. The Bertz CT molecular complexity index is 203. The average Bonchev–Trinajstić information content (AvgIpc) is 2.35. The van der Waals surface area contributed by atoms with E-state index >= 15 is 0 Å². The maximum Gasteiger partial charge on any atom is 0.332 e. The predicted octanol–water partition coefficient (Wildman–Crippen LogP) is -0.266. The molecule has 0 aliphatic heterocycles. The molecule has 0 bridgehead atoms. The van der Waals surface area contributed by atoms with Crippen molar-refractivity contribution in [2.24, 2.45) is 0 Å². The first-order valence-electron chi connectivity index (χ1n) is 6.32. The second-order valence-corrected chi connectivity index (χ2v) is 3.90. The number of likely N-dealkylation sites (N-methyl/N-ethyl adjacent to an activating group) is 1. The van der Waals surface area contributed by atoms with Crippen LogP contribution in [0.3, 0.4) is 0 Å². The van der Waals surface area contributed by atoms with Crippen molar-refractivity contribution in [3.63, 3.8) is 0 Å². The number of hydrogen-bond acceptors (Lipinski definition) is 6. The maximum absolute atomic E-state index is 10.9. The Morgan fingerprint density at radius 2 is 2.00 bits per heavy atom. The molecule has 6 nitrogen and oxygen atoms in total. The highest BCUT2D eigenvalue weighted by Gasteiger charge is 2.00. The Morgan fingerprint density at radius 3 is 2.67 bits per heavy atom. The van der Waals surface area contributed by atoms with Crippen LogP contribution >= 0.6 is 0 Å². The first kappa shape index (κ1) is 17.3. The number of esters is 1. The molecule has 0 heterocycles. The molecule has 0 spiro atoms. The van der Waals surface area contributed by atoms with Gasteiger partial charge in [0, 0.05) is 33.3 Å². The van der Waals surface area contributed by atoms with Crippen LogP contribution in [-0.4, -0.2) is 77.6 Å². The van der Waals surface area contributed by atoms with Crippen LogP contribution in [0.25, 0.3) is 0 Å². The van der Waals surface area contributed by atoms with Crippen LogP contribution in [0.1, 0.15) is 6.92 Å². The van der Waals surface area contributed by atoms with Crippen LogP contribution < -0.4 is 5.32 Å². The number of nitrogens with zero attached hydrogens (tertiary/aromatic N) is 1. The minimum absolute atomic E-state index is 0.0310. The third-order valence-electron chi connectivity index (χ3n) is 2.30. The third-order valence-corrected chi connectivity index (χ3v) is 2.30. The summed E-state index contributed by atoms with van der Waals surface area (Å²) in [5.74, 6) is -0.309. The summed E-state index contributed by atoms with van der Waals surface area (Å²) in [6.45, 7) is 6.98. The first-order valence-corrected chi connectivity index (χ1v) is 6.32. The van der Waals surface area contributed by atoms with Gasteiger partial charge in [0.05, 0.1) is 19.8 Å². The van der Waals surface area contributed by atoms with Crippen molar-refractivity contribution in [3.8, 4) is 0 Å². The summed E-state index contributed by atoms with van der Waals surface area (Å²) in [7, 11) is 3.75. The molecule has 0 rings (SSSR count). The molecular formula is C12H26N2O4. The Morgan fingerprint density at radius 1 is 1.22 bits per heavy atom. The van der Waals surface area contributed by atoms with E-state index in [4.69, 9.17) is 14.2 Å². The van der Waals surface area contributed by atoms with Crippen LogP contribution in [0, 0.1) is 0 Å². The van der Waals surface area contributed by atoms with Crippen molar-refractivity contribution >= 4 is 5.97 Å². The Labute approximate surface area is 110 Å². The fourth-order valence-electron chi connectivity index (χ4n) is 1.26. The number of ether oxygens (including phenoxy) is 3. The lowest BCUT2D eigenvalue weighted by Crippen LogP contribution is -2.33. The minimum Gasteiger partial charge on any atom is -0.464 e. The fraction of sp³-hybridized carbons (Fsp3) is 0.917. The van der Waals surface area contributed by atoms with Gasteiger partial charge in [-0.15, -0.1) is 0 Å². The highest BCUT2D eigenvalue weighted by molar-refractivity contribution is 5.70. The molecule has 0 aromatic heterocycles. The van der Waals surface area contributed by atoms with Gasteiger partial charge in [-0.2, -0.15) is 0 Å². The molecule has 6 heteroatoms. The summed E-state index contributed by atoms with van der Waals surface area (Å²) in [5.41, 5.74) is 0. The second kappa shape index (κ2) is 12.8. The van der Waals surface area contributed by atoms with Gasteiger partial charge in [0.25, 0.3) is 0 Å². The lowest BCUT2D eigenvalue weighted by molar-refractivity contribution is -0.148. The molecule has 0 aromatic carbocycles. The van der Waals surface area contributed by atoms with Crippen molar-refractivity contribution < 1.29 is 19.0 Å². The standard InChI is InChI=1S/C12H26N2O4/c1-4-18-12(15)11-17-9-6-13-5-7-14(2)8-10-16-3/h13H,4-11H2,1-3H3. The van der Waals surface area contributed by atoms with Gasteiger partial charge in [-0.05, 0) is 14.0 Å². The molecule has 0 fully saturated rings. The van der Waals surface area contributed by atoms with Gasteiger partial charge in [-0.1, -0.05) is 0 Å². The molecular weight excluding hydrogens is 236 g/mol.